The van der Waals surface area contributed by atoms with Crippen molar-refractivity contribution >= 4 is 0 Å². The van der Waals surface area contributed by atoms with Gasteiger partial charge in [-0.15, -0.1) is 0 Å². The predicted octanol–water partition coefficient (Wildman–Crippen LogP) is 2.24. The molecule has 0 amide bonds. The highest BCUT2D eigenvalue weighted by Gasteiger charge is 2.21. The van der Waals surface area contributed by atoms with Crippen molar-refractivity contribution in [2.45, 2.75) is 52.1 Å². The van der Waals surface area contributed by atoms with Gasteiger partial charge in [0.1, 0.15) is 6.26 Å². The molecule has 1 saturated carbocycles. The fraction of sp³-hybridized carbons (Fsp3) is 0.571. The average Bonchev–Trinajstić information content (AvgIpc) is 3.00. The van der Waals surface area contributed by atoms with Crippen LogP contribution in [0.4, 0.5) is 0 Å². The molecule has 1 fully saturated rings. The highest BCUT2D eigenvalue weighted by Crippen LogP contribution is 2.19. The van der Waals surface area contributed by atoms with Crippen LogP contribution in [0.1, 0.15) is 43.8 Å². The molecular formula is C14H20N4O. The fourth-order valence-corrected chi connectivity index (χ4v) is 2.08. The van der Waals surface area contributed by atoms with Gasteiger partial charge in [0.05, 0.1) is 11.4 Å². The summed E-state index contributed by atoms with van der Waals surface area (Å²) >= 11 is 0. The summed E-state index contributed by atoms with van der Waals surface area (Å²) in [6.07, 6.45) is 6.13. The van der Waals surface area contributed by atoms with E-state index in [1.165, 1.54) is 12.8 Å². The van der Waals surface area contributed by atoms with E-state index in [0.29, 0.717) is 12.1 Å². The molecule has 1 aliphatic rings. The number of aryl methyl sites for hydroxylation is 2. The van der Waals surface area contributed by atoms with Crippen LogP contribution in [0.3, 0.4) is 0 Å². The number of aromatic nitrogens is 3. The Hall–Kier alpha value is -1.62. The van der Waals surface area contributed by atoms with Crippen LogP contribution in [-0.4, -0.2) is 20.8 Å². The second-order valence-corrected chi connectivity index (χ2v) is 5.02. The van der Waals surface area contributed by atoms with Gasteiger partial charge in [-0.05, 0) is 31.7 Å². The zero-order valence-electron chi connectivity index (χ0n) is 11.5. The lowest BCUT2D eigenvalue weighted by Crippen LogP contribution is -2.15. The van der Waals surface area contributed by atoms with E-state index in [1.54, 1.807) is 6.26 Å². The molecule has 0 radical (unpaired) electrons. The molecule has 0 spiro atoms. The number of nitrogens with one attached hydrogen (secondary N) is 1. The van der Waals surface area contributed by atoms with E-state index in [0.717, 1.165) is 36.5 Å². The van der Waals surface area contributed by atoms with Crippen LogP contribution in [0.2, 0.25) is 0 Å². The summed E-state index contributed by atoms with van der Waals surface area (Å²) in [6.45, 7) is 5.00. The molecule has 2 heterocycles. The molecule has 5 nitrogen and oxygen atoms in total. The Balaban J connectivity index is 1.78. The van der Waals surface area contributed by atoms with Gasteiger partial charge in [0, 0.05) is 18.3 Å². The lowest BCUT2D eigenvalue weighted by Gasteiger charge is -1.99. The molecular weight excluding hydrogens is 240 g/mol. The van der Waals surface area contributed by atoms with Gasteiger partial charge in [0.15, 0.2) is 0 Å². The van der Waals surface area contributed by atoms with E-state index >= 15 is 0 Å². The zero-order valence-corrected chi connectivity index (χ0v) is 11.5. The van der Waals surface area contributed by atoms with E-state index in [2.05, 4.69) is 35.3 Å². The summed E-state index contributed by atoms with van der Waals surface area (Å²) < 4.78 is 7.37. The van der Waals surface area contributed by atoms with Crippen LogP contribution in [0, 0.1) is 0 Å². The molecule has 2 aromatic heterocycles. The molecule has 0 atom stereocenters. The van der Waals surface area contributed by atoms with E-state index in [4.69, 9.17) is 4.42 Å². The smallest absolute Gasteiger partial charge is 0.323 e. The summed E-state index contributed by atoms with van der Waals surface area (Å²) in [5.41, 5.74) is 3.16. The maximum Gasteiger partial charge on any atom is 0.323 e. The molecule has 5 heteroatoms. The van der Waals surface area contributed by atoms with Crippen molar-refractivity contribution in [1.29, 1.82) is 0 Å². The highest BCUT2D eigenvalue weighted by atomic mass is 16.4. The molecule has 0 aromatic carbocycles. The van der Waals surface area contributed by atoms with E-state index in [-0.39, 0.29) is 0 Å². The fourth-order valence-electron chi connectivity index (χ4n) is 2.08. The van der Waals surface area contributed by atoms with Crippen molar-refractivity contribution in [2.75, 3.05) is 0 Å². The minimum absolute atomic E-state index is 0.573. The van der Waals surface area contributed by atoms with Crippen LogP contribution >= 0.6 is 0 Å². The zero-order chi connectivity index (χ0) is 13.2. The molecule has 102 valence electrons. The number of hydrogen-bond acceptors (Lipinski definition) is 4. The van der Waals surface area contributed by atoms with Crippen LogP contribution in [0.5, 0.6) is 0 Å². The van der Waals surface area contributed by atoms with Crippen molar-refractivity contribution in [2.24, 2.45) is 0 Å². The SMILES string of the molecule is CCc1cc(CC)n(-c2nc(CNC3CC3)co2)n1. The standard InChI is InChI=1S/C14H20N4O/c1-3-10-7-13(4-2)18(17-10)14-16-12(9-19-14)8-15-11-5-6-11/h7,9,11,15H,3-6,8H2,1-2H3. The van der Waals surface area contributed by atoms with Crippen molar-refractivity contribution in [1.82, 2.24) is 20.1 Å². The first-order valence-corrected chi connectivity index (χ1v) is 7.06. The first-order valence-electron chi connectivity index (χ1n) is 7.06. The maximum atomic E-state index is 5.55. The van der Waals surface area contributed by atoms with Gasteiger partial charge in [-0.25, -0.2) is 0 Å². The first kappa shape index (κ1) is 12.4. The molecule has 0 bridgehead atoms. The van der Waals surface area contributed by atoms with Gasteiger partial charge in [-0.1, -0.05) is 13.8 Å². The van der Waals surface area contributed by atoms with Crippen molar-refractivity contribution in [3.8, 4) is 6.01 Å². The average molecular weight is 260 g/mol. The summed E-state index contributed by atoms with van der Waals surface area (Å²) in [5.74, 6) is 0. The first-order chi connectivity index (χ1) is 9.30. The van der Waals surface area contributed by atoms with Crippen LogP contribution in [-0.2, 0) is 19.4 Å². The monoisotopic (exact) mass is 260 g/mol. The van der Waals surface area contributed by atoms with Crippen molar-refractivity contribution < 1.29 is 4.42 Å². The Morgan fingerprint density at radius 2 is 2.16 bits per heavy atom. The molecule has 1 N–H and O–H groups in total. The van der Waals surface area contributed by atoms with Crippen LogP contribution in [0.15, 0.2) is 16.7 Å². The van der Waals surface area contributed by atoms with Gasteiger partial charge in [-0.2, -0.15) is 14.8 Å². The molecule has 0 unspecified atom stereocenters. The van der Waals surface area contributed by atoms with Gasteiger partial charge >= 0.3 is 6.01 Å². The Labute approximate surface area is 113 Å². The topological polar surface area (TPSA) is 55.9 Å². The second kappa shape index (κ2) is 5.17. The maximum absolute atomic E-state index is 5.55. The Kier molecular flexibility index (Phi) is 3.38. The summed E-state index contributed by atoms with van der Waals surface area (Å²) in [4.78, 5) is 4.51. The van der Waals surface area contributed by atoms with Gasteiger partial charge < -0.3 is 9.73 Å². The number of hydrogen-bond donors (Lipinski definition) is 1. The highest BCUT2D eigenvalue weighted by molar-refractivity contribution is 5.19. The van der Waals surface area contributed by atoms with Crippen molar-refractivity contribution in [3.63, 3.8) is 0 Å². The molecule has 3 rings (SSSR count). The molecule has 19 heavy (non-hydrogen) atoms. The third-order valence-electron chi connectivity index (χ3n) is 3.43. The summed E-state index contributed by atoms with van der Waals surface area (Å²) in [7, 11) is 0. The van der Waals surface area contributed by atoms with Crippen molar-refractivity contribution in [3.05, 3.63) is 29.4 Å². The second-order valence-electron chi connectivity index (χ2n) is 5.02. The Bertz CT molecular complexity index is 554. The van der Waals surface area contributed by atoms with E-state index < -0.39 is 0 Å². The van der Waals surface area contributed by atoms with Gasteiger partial charge in [0.2, 0.25) is 0 Å². The molecule has 2 aromatic rings. The Morgan fingerprint density at radius 3 is 2.84 bits per heavy atom. The molecule has 0 aliphatic heterocycles. The number of nitrogens with zero attached hydrogens (tertiary/aromatic N) is 3. The predicted molar refractivity (Wildman–Crippen MR) is 72.2 cm³/mol. The molecule has 0 saturated heterocycles. The lowest BCUT2D eigenvalue weighted by atomic mass is 10.3. The lowest BCUT2D eigenvalue weighted by molar-refractivity contribution is 0.501. The van der Waals surface area contributed by atoms with E-state index in [9.17, 15) is 0 Å². The Morgan fingerprint density at radius 1 is 1.32 bits per heavy atom. The largest absolute Gasteiger partial charge is 0.430 e. The minimum atomic E-state index is 0.573. The van der Waals surface area contributed by atoms with E-state index in [1.807, 2.05) is 4.68 Å². The van der Waals surface area contributed by atoms with Crippen LogP contribution < -0.4 is 5.32 Å². The minimum Gasteiger partial charge on any atom is -0.430 e. The molecule has 1 aliphatic carbocycles. The number of oxazole rings is 1. The third-order valence-corrected chi connectivity index (χ3v) is 3.43. The van der Waals surface area contributed by atoms with Crippen LogP contribution in [0.25, 0.3) is 6.01 Å². The quantitative estimate of drug-likeness (QED) is 0.865. The third kappa shape index (κ3) is 2.71. The summed E-state index contributed by atoms with van der Waals surface area (Å²) in [6, 6.07) is 3.37. The normalized spacial score (nSPS) is 15.1. The van der Waals surface area contributed by atoms with Gasteiger partial charge in [0.25, 0.3) is 0 Å². The summed E-state index contributed by atoms with van der Waals surface area (Å²) in [5, 5.41) is 7.96. The van der Waals surface area contributed by atoms with Gasteiger partial charge in [-0.3, -0.25) is 0 Å². The number of rotatable bonds is 6.